The topological polar surface area (TPSA) is 63.6 Å². The van der Waals surface area contributed by atoms with Crippen molar-refractivity contribution in [1.29, 1.82) is 0 Å². The first-order valence-corrected chi connectivity index (χ1v) is 9.25. The lowest BCUT2D eigenvalue weighted by atomic mass is 10.2. The minimum absolute atomic E-state index is 0.254. The Morgan fingerprint density at radius 2 is 1.66 bits per heavy atom. The number of para-hydroxylation sites is 1. The van der Waals surface area contributed by atoms with E-state index in [0.29, 0.717) is 5.69 Å². The lowest BCUT2D eigenvalue weighted by Crippen LogP contribution is -2.30. The van der Waals surface area contributed by atoms with E-state index in [1.165, 1.54) is 0 Å². The van der Waals surface area contributed by atoms with Gasteiger partial charge >= 0.3 is 6.03 Å². The molecule has 4 rings (SSSR count). The number of carbonyl (C=O) groups excluding carboxylic acids is 2. The number of hydrogen-bond acceptors (Lipinski definition) is 3. The molecule has 0 saturated carbocycles. The van der Waals surface area contributed by atoms with E-state index in [2.05, 4.69) is 9.88 Å². The molecule has 0 spiro atoms. The molecular weight excluding hydrogens is 366 g/mol. The average molecular weight is 387 g/mol. The van der Waals surface area contributed by atoms with Gasteiger partial charge in [0.15, 0.2) is 0 Å². The summed E-state index contributed by atoms with van der Waals surface area (Å²) in [6.07, 6.45) is 1.72. The number of urea groups is 1. The number of carbonyl (C=O) groups is 2. The van der Waals surface area contributed by atoms with Crippen LogP contribution >= 0.6 is 0 Å². The third-order valence-corrected chi connectivity index (χ3v) is 4.97. The second-order valence-electron chi connectivity index (χ2n) is 6.83. The molecule has 0 atom stereocenters. The molecule has 1 saturated heterocycles. The molecule has 0 bridgehead atoms. The van der Waals surface area contributed by atoms with Crippen molar-refractivity contribution in [3.05, 3.63) is 83.3 Å². The number of rotatable bonds is 4. The summed E-state index contributed by atoms with van der Waals surface area (Å²) in [5, 5.41) is 2.68. The molecule has 146 valence electrons. The van der Waals surface area contributed by atoms with Gasteiger partial charge in [0.2, 0.25) is 0 Å². The van der Waals surface area contributed by atoms with Crippen LogP contribution < -0.4 is 15.0 Å². The van der Waals surface area contributed by atoms with Crippen molar-refractivity contribution in [2.75, 3.05) is 12.0 Å². The van der Waals surface area contributed by atoms with Gasteiger partial charge in [0.05, 0.1) is 12.8 Å². The Balaban J connectivity index is 1.71. The van der Waals surface area contributed by atoms with Crippen LogP contribution in [0.4, 0.5) is 10.5 Å². The molecule has 1 aromatic heterocycles. The first-order valence-electron chi connectivity index (χ1n) is 9.25. The number of nitrogens with one attached hydrogen (secondary N) is 1. The van der Waals surface area contributed by atoms with Crippen molar-refractivity contribution in [2.24, 2.45) is 0 Å². The Kier molecular flexibility index (Phi) is 4.68. The Bertz CT molecular complexity index is 1130. The summed E-state index contributed by atoms with van der Waals surface area (Å²) in [6.45, 7) is 3.98. The number of aryl methyl sites for hydroxylation is 1. The normalized spacial score (nSPS) is 15.1. The molecule has 0 aliphatic carbocycles. The van der Waals surface area contributed by atoms with E-state index in [-0.39, 0.29) is 11.6 Å². The number of amides is 3. The summed E-state index contributed by atoms with van der Waals surface area (Å²) < 4.78 is 7.42. The molecule has 1 aliphatic rings. The molecule has 29 heavy (non-hydrogen) atoms. The SMILES string of the molecule is COc1cccc(-n2c(C)cc(C=C3NC(=O)N(c4ccccc4)C3=O)c2C)c1. The Hall–Kier alpha value is -3.80. The van der Waals surface area contributed by atoms with E-state index in [1.807, 2.05) is 50.2 Å². The summed E-state index contributed by atoms with van der Waals surface area (Å²) in [5.41, 5.74) is 4.60. The van der Waals surface area contributed by atoms with Crippen LogP contribution in [-0.2, 0) is 4.79 Å². The first-order chi connectivity index (χ1) is 14.0. The van der Waals surface area contributed by atoms with Crippen molar-refractivity contribution in [3.8, 4) is 11.4 Å². The zero-order valence-corrected chi connectivity index (χ0v) is 16.5. The lowest BCUT2D eigenvalue weighted by molar-refractivity contribution is -0.113. The second kappa shape index (κ2) is 7.31. The quantitative estimate of drug-likeness (QED) is 0.539. The maximum absolute atomic E-state index is 12.8. The van der Waals surface area contributed by atoms with Crippen molar-refractivity contribution >= 4 is 23.7 Å². The van der Waals surface area contributed by atoms with Crippen LogP contribution in [0, 0.1) is 13.8 Å². The van der Waals surface area contributed by atoms with Crippen LogP contribution in [0.3, 0.4) is 0 Å². The van der Waals surface area contributed by atoms with Crippen LogP contribution in [0.2, 0.25) is 0 Å². The van der Waals surface area contributed by atoms with Crippen molar-refractivity contribution in [2.45, 2.75) is 13.8 Å². The van der Waals surface area contributed by atoms with Gasteiger partial charge in [0.1, 0.15) is 11.4 Å². The average Bonchev–Trinajstić information content (AvgIpc) is 3.17. The maximum atomic E-state index is 12.8. The van der Waals surface area contributed by atoms with Gasteiger partial charge in [-0.25, -0.2) is 9.69 Å². The van der Waals surface area contributed by atoms with Gasteiger partial charge in [-0.15, -0.1) is 0 Å². The third-order valence-electron chi connectivity index (χ3n) is 4.97. The number of methoxy groups -OCH3 is 1. The number of hydrogen-bond donors (Lipinski definition) is 1. The fourth-order valence-corrected chi connectivity index (χ4v) is 3.58. The molecule has 6 nitrogen and oxygen atoms in total. The number of ether oxygens (including phenoxy) is 1. The molecule has 0 unspecified atom stereocenters. The second-order valence-corrected chi connectivity index (χ2v) is 6.83. The number of nitrogens with zero attached hydrogens (tertiary/aromatic N) is 2. The maximum Gasteiger partial charge on any atom is 0.333 e. The van der Waals surface area contributed by atoms with Crippen LogP contribution in [-0.4, -0.2) is 23.6 Å². The summed E-state index contributed by atoms with van der Waals surface area (Å²) in [7, 11) is 1.64. The number of imide groups is 1. The van der Waals surface area contributed by atoms with E-state index in [4.69, 9.17) is 4.74 Å². The van der Waals surface area contributed by atoms with Crippen LogP contribution in [0.15, 0.2) is 66.4 Å². The Morgan fingerprint density at radius 3 is 2.38 bits per heavy atom. The smallest absolute Gasteiger partial charge is 0.333 e. The third kappa shape index (κ3) is 3.29. The summed E-state index contributed by atoms with van der Waals surface area (Å²) in [6, 6.07) is 18.2. The molecule has 1 aliphatic heterocycles. The molecule has 2 heterocycles. The highest BCUT2D eigenvalue weighted by molar-refractivity contribution is 6.28. The minimum Gasteiger partial charge on any atom is -0.497 e. The van der Waals surface area contributed by atoms with Crippen LogP contribution in [0.1, 0.15) is 17.0 Å². The summed E-state index contributed by atoms with van der Waals surface area (Å²) in [4.78, 5) is 26.3. The molecule has 1 fully saturated rings. The highest BCUT2D eigenvalue weighted by Gasteiger charge is 2.34. The zero-order chi connectivity index (χ0) is 20.5. The predicted molar refractivity (Wildman–Crippen MR) is 112 cm³/mol. The molecule has 3 aromatic rings. The van der Waals surface area contributed by atoms with Crippen molar-refractivity contribution < 1.29 is 14.3 Å². The standard InChI is InChI=1S/C23H21N3O3/c1-15-12-17(16(2)25(15)19-10-7-11-20(14-19)29-3)13-21-22(27)26(23(28)24-21)18-8-5-4-6-9-18/h4-14H,1-3H3,(H,24,28). The van der Waals surface area contributed by atoms with E-state index in [9.17, 15) is 9.59 Å². The fraction of sp³-hybridized carbons (Fsp3) is 0.130. The summed E-state index contributed by atoms with van der Waals surface area (Å²) in [5.74, 6) is 0.402. The molecule has 6 heteroatoms. The highest BCUT2D eigenvalue weighted by atomic mass is 16.5. The van der Waals surface area contributed by atoms with E-state index in [0.717, 1.165) is 33.3 Å². The van der Waals surface area contributed by atoms with Gasteiger partial charge in [-0.05, 0) is 55.8 Å². The van der Waals surface area contributed by atoms with Gasteiger partial charge in [-0.3, -0.25) is 4.79 Å². The van der Waals surface area contributed by atoms with Crippen molar-refractivity contribution in [3.63, 3.8) is 0 Å². The van der Waals surface area contributed by atoms with Gasteiger partial charge < -0.3 is 14.6 Å². The van der Waals surface area contributed by atoms with E-state index >= 15 is 0 Å². The minimum atomic E-state index is -0.450. The summed E-state index contributed by atoms with van der Waals surface area (Å²) >= 11 is 0. The predicted octanol–water partition coefficient (Wildman–Crippen LogP) is 4.20. The van der Waals surface area contributed by atoms with Crippen LogP contribution in [0.5, 0.6) is 5.75 Å². The van der Waals surface area contributed by atoms with Gasteiger partial charge in [-0.2, -0.15) is 0 Å². The monoisotopic (exact) mass is 387 g/mol. The molecule has 1 N–H and O–H groups in total. The Morgan fingerprint density at radius 1 is 0.931 bits per heavy atom. The molecule has 3 amide bonds. The van der Waals surface area contributed by atoms with Gasteiger partial charge in [0.25, 0.3) is 5.91 Å². The number of aromatic nitrogens is 1. The first kappa shape index (κ1) is 18.6. The van der Waals surface area contributed by atoms with Crippen molar-refractivity contribution in [1.82, 2.24) is 9.88 Å². The molecular formula is C23H21N3O3. The largest absolute Gasteiger partial charge is 0.497 e. The van der Waals surface area contributed by atoms with E-state index in [1.54, 1.807) is 37.5 Å². The number of benzene rings is 2. The lowest BCUT2D eigenvalue weighted by Gasteiger charge is -2.11. The molecule has 0 radical (unpaired) electrons. The number of anilines is 1. The highest BCUT2D eigenvalue weighted by Crippen LogP contribution is 2.27. The van der Waals surface area contributed by atoms with E-state index < -0.39 is 6.03 Å². The molecule has 2 aromatic carbocycles. The fourth-order valence-electron chi connectivity index (χ4n) is 3.58. The van der Waals surface area contributed by atoms with Gasteiger partial charge in [-0.1, -0.05) is 24.3 Å². The van der Waals surface area contributed by atoms with Crippen LogP contribution in [0.25, 0.3) is 11.8 Å². The van der Waals surface area contributed by atoms with Gasteiger partial charge in [0, 0.05) is 23.1 Å². The Labute approximate surface area is 169 Å². The zero-order valence-electron chi connectivity index (χ0n) is 16.5.